The van der Waals surface area contributed by atoms with Gasteiger partial charge in [-0.3, -0.25) is 14.2 Å². The van der Waals surface area contributed by atoms with Gasteiger partial charge in [0.15, 0.2) is 10.9 Å². The number of ether oxygens (including phenoxy) is 2. The molecule has 148 valence electrons. The van der Waals surface area contributed by atoms with Crippen molar-refractivity contribution in [1.82, 2.24) is 9.55 Å². The van der Waals surface area contributed by atoms with E-state index in [0.717, 1.165) is 10.4 Å². The molecule has 2 aromatic heterocycles. The molecule has 0 amide bonds. The zero-order valence-electron chi connectivity index (χ0n) is 16.3. The first-order valence-electron chi connectivity index (χ1n) is 8.75. The minimum Gasteiger partial charge on any atom is -0.497 e. The highest BCUT2D eigenvalue weighted by Gasteiger charge is 2.18. The number of methoxy groups -OCH3 is 2. The van der Waals surface area contributed by atoms with Crippen molar-refractivity contribution in [2.24, 2.45) is 0 Å². The molecule has 0 atom stereocenters. The summed E-state index contributed by atoms with van der Waals surface area (Å²) in [5.41, 5.74) is 1.45. The molecule has 3 aromatic rings. The van der Waals surface area contributed by atoms with E-state index in [1.54, 1.807) is 43.1 Å². The van der Waals surface area contributed by atoms with Crippen molar-refractivity contribution in [3.63, 3.8) is 0 Å². The van der Waals surface area contributed by atoms with Gasteiger partial charge in [-0.25, -0.2) is 4.98 Å². The molecular weight excluding hydrogens is 396 g/mol. The molecule has 28 heavy (non-hydrogen) atoms. The number of ketones is 1. The summed E-state index contributed by atoms with van der Waals surface area (Å²) in [5, 5.41) is 1.19. The highest BCUT2D eigenvalue weighted by molar-refractivity contribution is 7.99. The van der Waals surface area contributed by atoms with Crippen LogP contribution in [0.1, 0.15) is 20.8 Å². The largest absolute Gasteiger partial charge is 0.497 e. The minimum atomic E-state index is -0.0831. The Morgan fingerprint density at radius 2 is 2.07 bits per heavy atom. The standard InChI is InChI=1S/C20H22N2O4S2/c1-12-13(2)28-18-17(12)19(24)22(8-9-25-3)20(21-18)27-11-16(23)14-6-5-7-15(10-14)26-4/h5-7,10H,8-9,11H2,1-4H3. The van der Waals surface area contributed by atoms with E-state index in [4.69, 9.17) is 9.47 Å². The lowest BCUT2D eigenvalue weighted by molar-refractivity contribution is 0.102. The number of fused-ring (bicyclic) bond motifs is 1. The topological polar surface area (TPSA) is 70.4 Å². The molecule has 0 fully saturated rings. The molecule has 0 radical (unpaired) electrons. The Balaban J connectivity index is 1.92. The molecule has 0 aliphatic carbocycles. The van der Waals surface area contributed by atoms with Crippen molar-refractivity contribution in [3.8, 4) is 5.75 Å². The van der Waals surface area contributed by atoms with Crippen LogP contribution in [0.5, 0.6) is 5.75 Å². The monoisotopic (exact) mass is 418 g/mol. The number of rotatable bonds is 8. The van der Waals surface area contributed by atoms with Gasteiger partial charge in [-0.1, -0.05) is 23.9 Å². The van der Waals surface area contributed by atoms with Crippen LogP contribution in [0.4, 0.5) is 0 Å². The van der Waals surface area contributed by atoms with Crippen molar-refractivity contribution in [2.45, 2.75) is 25.5 Å². The average molecular weight is 419 g/mol. The molecule has 1 aromatic carbocycles. The fourth-order valence-electron chi connectivity index (χ4n) is 2.81. The number of hydrogen-bond acceptors (Lipinski definition) is 7. The van der Waals surface area contributed by atoms with Gasteiger partial charge in [-0.15, -0.1) is 11.3 Å². The van der Waals surface area contributed by atoms with Crippen molar-refractivity contribution in [2.75, 3.05) is 26.6 Å². The lowest BCUT2D eigenvalue weighted by Gasteiger charge is -2.11. The van der Waals surface area contributed by atoms with Crippen LogP contribution in [-0.4, -0.2) is 41.9 Å². The number of thioether (sulfide) groups is 1. The molecule has 2 heterocycles. The van der Waals surface area contributed by atoms with Gasteiger partial charge in [0.25, 0.3) is 5.56 Å². The van der Waals surface area contributed by atoms with Crippen molar-refractivity contribution < 1.29 is 14.3 Å². The number of carbonyl (C=O) groups excluding carboxylic acids is 1. The number of Topliss-reactive ketones (excluding diaryl/α,β-unsaturated/α-hetero) is 1. The average Bonchev–Trinajstić information content (AvgIpc) is 2.99. The highest BCUT2D eigenvalue weighted by atomic mass is 32.2. The number of benzene rings is 1. The van der Waals surface area contributed by atoms with E-state index in [1.165, 1.54) is 23.1 Å². The van der Waals surface area contributed by atoms with Crippen LogP contribution in [-0.2, 0) is 11.3 Å². The van der Waals surface area contributed by atoms with Gasteiger partial charge < -0.3 is 9.47 Å². The predicted molar refractivity (Wildman–Crippen MR) is 113 cm³/mol. The number of carbonyl (C=O) groups is 1. The molecular formula is C20H22N2O4S2. The Labute approximate surface area is 171 Å². The fraction of sp³-hybridized carbons (Fsp3) is 0.350. The molecule has 0 N–H and O–H groups in total. The zero-order chi connectivity index (χ0) is 20.3. The molecule has 6 nitrogen and oxygen atoms in total. The number of thiophene rings is 1. The maximum atomic E-state index is 13.0. The summed E-state index contributed by atoms with van der Waals surface area (Å²) >= 11 is 2.78. The summed E-state index contributed by atoms with van der Waals surface area (Å²) in [5.74, 6) is 0.772. The van der Waals surface area contributed by atoms with Crippen LogP contribution in [0.15, 0.2) is 34.2 Å². The van der Waals surface area contributed by atoms with Gasteiger partial charge in [0.2, 0.25) is 0 Å². The normalized spacial score (nSPS) is 11.1. The van der Waals surface area contributed by atoms with Gasteiger partial charge in [-0.05, 0) is 31.5 Å². The smallest absolute Gasteiger partial charge is 0.263 e. The number of hydrogen-bond donors (Lipinski definition) is 0. The SMILES string of the molecule is COCCn1c(SCC(=O)c2cccc(OC)c2)nc2sc(C)c(C)c2c1=O. The number of nitrogens with zero attached hydrogens (tertiary/aromatic N) is 2. The third kappa shape index (κ3) is 4.14. The first-order chi connectivity index (χ1) is 13.5. The lowest BCUT2D eigenvalue weighted by Crippen LogP contribution is -2.25. The third-order valence-corrected chi connectivity index (χ3v) is 6.57. The quantitative estimate of drug-likeness (QED) is 0.316. The molecule has 0 saturated carbocycles. The molecule has 0 unspecified atom stereocenters. The Morgan fingerprint density at radius 1 is 1.29 bits per heavy atom. The van der Waals surface area contributed by atoms with E-state index < -0.39 is 0 Å². The van der Waals surface area contributed by atoms with Crippen LogP contribution < -0.4 is 10.3 Å². The summed E-state index contributed by atoms with van der Waals surface area (Å²) in [7, 11) is 3.16. The van der Waals surface area contributed by atoms with Crippen molar-refractivity contribution in [1.29, 1.82) is 0 Å². The van der Waals surface area contributed by atoms with E-state index in [0.29, 0.717) is 39.8 Å². The van der Waals surface area contributed by atoms with Crippen molar-refractivity contribution >= 4 is 39.1 Å². The van der Waals surface area contributed by atoms with Crippen LogP contribution >= 0.6 is 23.1 Å². The molecule has 8 heteroatoms. The van der Waals surface area contributed by atoms with Crippen LogP contribution in [0, 0.1) is 13.8 Å². The van der Waals surface area contributed by atoms with E-state index in [2.05, 4.69) is 4.98 Å². The fourth-order valence-corrected chi connectivity index (χ4v) is 4.80. The molecule has 3 rings (SSSR count). The van der Waals surface area contributed by atoms with Crippen LogP contribution in [0.3, 0.4) is 0 Å². The summed E-state index contributed by atoms with van der Waals surface area (Å²) in [6.45, 7) is 4.71. The Bertz CT molecular complexity index is 1070. The van der Waals surface area contributed by atoms with E-state index in [9.17, 15) is 9.59 Å². The summed E-state index contributed by atoms with van der Waals surface area (Å²) in [4.78, 5) is 32.1. The maximum Gasteiger partial charge on any atom is 0.263 e. The van der Waals surface area contributed by atoms with E-state index >= 15 is 0 Å². The van der Waals surface area contributed by atoms with E-state index in [1.807, 2.05) is 13.8 Å². The molecule has 0 saturated heterocycles. The number of aromatic nitrogens is 2. The molecule has 0 aliphatic heterocycles. The second kappa shape index (κ2) is 8.89. The minimum absolute atomic E-state index is 0.0462. The highest BCUT2D eigenvalue weighted by Crippen LogP contribution is 2.28. The lowest BCUT2D eigenvalue weighted by atomic mass is 10.1. The van der Waals surface area contributed by atoms with Gasteiger partial charge in [0.05, 0.1) is 31.4 Å². The zero-order valence-corrected chi connectivity index (χ0v) is 17.9. The second-order valence-corrected chi connectivity index (χ2v) is 8.40. The first kappa shape index (κ1) is 20.6. The van der Waals surface area contributed by atoms with Gasteiger partial charge in [-0.2, -0.15) is 0 Å². The molecule has 0 bridgehead atoms. The van der Waals surface area contributed by atoms with Crippen LogP contribution in [0.2, 0.25) is 0 Å². The predicted octanol–water partition coefficient (Wildman–Crippen LogP) is 3.70. The summed E-state index contributed by atoms with van der Waals surface area (Å²) in [6.07, 6.45) is 0. The summed E-state index contributed by atoms with van der Waals surface area (Å²) < 4.78 is 11.9. The number of aryl methyl sites for hydroxylation is 2. The Hall–Kier alpha value is -2.16. The van der Waals surface area contributed by atoms with Crippen LogP contribution in [0.25, 0.3) is 10.2 Å². The van der Waals surface area contributed by atoms with Gasteiger partial charge in [0, 0.05) is 17.6 Å². The Kier molecular flexibility index (Phi) is 6.53. The van der Waals surface area contributed by atoms with Crippen molar-refractivity contribution in [3.05, 3.63) is 50.6 Å². The van der Waals surface area contributed by atoms with Gasteiger partial charge >= 0.3 is 0 Å². The van der Waals surface area contributed by atoms with Gasteiger partial charge in [0.1, 0.15) is 10.6 Å². The summed E-state index contributed by atoms with van der Waals surface area (Å²) in [6, 6.07) is 7.05. The third-order valence-electron chi connectivity index (χ3n) is 4.50. The maximum absolute atomic E-state index is 13.0. The second-order valence-electron chi connectivity index (χ2n) is 6.25. The first-order valence-corrected chi connectivity index (χ1v) is 10.6. The van der Waals surface area contributed by atoms with E-state index in [-0.39, 0.29) is 17.1 Å². The Morgan fingerprint density at radius 3 is 2.79 bits per heavy atom. The molecule has 0 aliphatic rings. The molecule has 0 spiro atoms.